The fraction of sp³-hybridized carbons (Fsp3) is 0.385. The van der Waals surface area contributed by atoms with Crippen LogP contribution in [0.5, 0.6) is 0 Å². The number of methoxy groups -OCH3 is 1. The predicted molar refractivity (Wildman–Crippen MR) is 78.1 cm³/mol. The average molecular weight is 308 g/mol. The van der Waals surface area contributed by atoms with Gasteiger partial charge in [-0.25, -0.2) is 4.98 Å². The maximum Gasteiger partial charge on any atom is 0.316 e. The molecule has 2 aromatic rings. The molecule has 0 aliphatic carbocycles. The van der Waals surface area contributed by atoms with Gasteiger partial charge in [0.05, 0.1) is 31.0 Å². The molecular formula is C13H16N4O3S. The van der Waals surface area contributed by atoms with E-state index in [0.717, 1.165) is 17.0 Å². The number of anilines is 1. The van der Waals surface area contributed by atoms with Crippen LogP contribution < -0.4 is 5.32 Å². The van der Waals surface area contributed by atoms with Gasteiger partial charge in [-0.3, -0.25) is 9.78 Å². The summed E-state index contributed by atoms with van der Waals surface area (Å²) in [7, 11) is 1.36. The monoisotopic (exact) mass is 308 g/mol. The number of ether oxygens (including phenoxy) is 1. The Kier molecular flexibility index (Phi) is 5.15. The molecule has 0 saturated carbocycles. The summed E-state index contributed by atoms with van der Waals surface area (Å²) >= 11 is 1.28. The zero-order valence-electron chi connectivity index (χ0n) is 12.0. The van der Waals surface area contributed by atoms with E-state index in [-0.39, 0.29) is 11.7 Å². The van der Waals surface area contributed by atoms with Crippen LogP contribution in [-0.4, -0.2) is 34.0 Å². The number of carbonyl (C=O) groups excluding carboxylic acids is 1. The van der Waals surface area contributed by atoms with E-state index in [1.165, 1.54) is 18.9 Å². The largest absolute Gasteiger partial charge is 0.468 e. The molecule has 0 aliphatic heterocycles. The first-order valence-electron chi connectivity index (χ1n) is 6.27. The van der Waals surface area contributed by atoms with Crippen molar-refractivity contribution in [2.45, 2.75) is 25.4 Å². The minimum absolute atomic E-state index is 0.207. The van der Waals surface area contributed by atoms with E-state index < -0.39 is 0 Å². The lowest BCUT2D eigenvalue weighted by Gasteiger charge is -2.06. The lowest BCUT2D eigenvalue weighted by molar-refractivity contribution is -0.137. The molecular weight excluding hydrogens is 292 g/mol. The summed E-state index contributed by atoms with van der Waals surface area (Å²) in [6.07, 6.45) is 3.23. The molecule has 2 heterocycles. The molecule has 8 heteroatoms. The number of aromatic nitrogens is 3. The summed E-state index contributed by atoms with van der Waals surface area (Å²) in [5.41, 5.74) is 1.86. The van der Waals surface area contributed by atoms with Crippen molar-refractivity contribution in [2.75, 3.05) is 18.2 Å². The van der Waals surface area contributed by atoms with Gasteiger partial charge in [0.1, 0.15) is 16.6 Å². The molecule has 2 aromatic heterocycles. The molecule has 21 heavy (non-hydrogen) atoms. The van der Waals surface area contributed by atoms with E-state index >= 15 is 0 Å². The number of thioether (sulfide) groups is 1. The van der Waals surface area contributed by atoms with Gasteiger partial charge < -0.3 is 14.6 Å². The van der Waals surface area contributed by atoms with Crippen molar-refractivity contribution in [3.8, 4) is 0 Å². The molecule has 0 unspecified atom stereocenters. The first-order valence-corrected chi connectivity index (χ1v) is 7.26. The smallest absolute Gasteiger partial charge is 0.316 e. The van der Waals surface area contributed by atoms with Gasteiger partial charge in [-0.05, 0) is 13.8 Å². The van der Waals surface area contributed by atoms with Crippen LogP contribution in [0.2, 0.25) is 0 Å². The zero-order chi connectivity index (χ0) is 15.2. The highest BCUT2D eigenvalue weighted by atomic mass is 32.2. The van der Waals surface area contributed by atoms with Crippen LogP contribution in [-0.2, 0) is 16.1 Å². The standard InChI is InChI=1S/C13H16N4O3S/c1-8-10(9(2)20-17-8)4-15-11-5-14-6-12(16-11)21-7-13(18)19-3/h5-6H,4,7H2,1-3H3,(H,15,16). The highest BCUT2D eigenvalue weighted by Gasteiger charge is 2.09. The molecule has 0 radical (unpaired) electrons. The highest BCUT2D eigenvalue weighted by molar-refractivity contribution is 7.99. The third kappa shape index (κ3) is 4.19. The summed E-state index contributed by atoms with van der Waals surface area (Å²) in [6.45, 7) is 4.31. The van der Waals surface area contributed by atoms with Crippen molar-refractivity contribution >= 4 is 23.5 Å². The number of aryl methyl sites for hydroxylation is 2. The molecule has 0 atom stereocenters. The second-order valence-corrected chi connectivity index (χ2v) is 5.26. The van der Waals surface area contributed by atoms with Gasteiger partial charge in [-0.1, -0.05) is 16.9 Å². The van der Waals surface area contributed by atoms with Crippen molar-refractivity contribution in [1.82, 2.24) is 15.1 Å². The number of hydrogen-bond acceptors (Lipinski definition) is 8. The molecule has 0 aliphatic rings. The van der Waals surface area contributed by atoms with Gasteiger partial charge in [0, 0.05) is 12.1 Å². The number of rotatable bonds is 6. The summed E-state index contributed by atoms with van der Waals surface area (Å²) in [4.78, 5) is 19.6. The fourth-order valence-electron chi connectivity index (χ4n) is 1.63. The lowest BCUT2D eigenvalue weighted by atomic mass is 10.2. The number of nitrogens with one attached hydrogen (secondary N) is 1. The minimum atomic E-state index is -0.295. The topological polar surface area (TPSA) is 90.1 Å². The number of esters is 1. The van der Waals surface area contributed by atoms with E-state index in [0.29, 0.717) is 17.4 Å². The molecule has 0 aromatic carbocycles. The Hall–Kier alpha value is -2.09. The van der Waals surface area contributed by atoms with Gasteiger partial charge in [-0.15, -0.1) is 0 Å². The average Bonchev–Trinajstić information content (AvgIpc) is 2.82. The molecule has 0 amide bonds. The zero-order valence-corrected chi connectivity index (χ0v) is 12.9. The van der Waals surface area contributed by atoms with Crippen molar-refractivity contribution in [3.63, 3.8) is 0 Å². The van der Waals surface area contributed by atoms with Crippen LogP contribution >= 0.6 is 11.8 Å². The van der Waals surface area contributed by atoms with E-state index in [2.05, 4.69) is 25.2 Å². The summed E-state index contributed by atoms with van der Waals surface area (Å²) in [6, 6.07) is 0. The van der Waals surface area contributed by atoms with E-state index in [9.17, 15) is 4.79 Å². The van der Waals surface area contributed by atoms with Gasteiger partial charge >= 0.3 is 5.97 Å². The molecule has 0 fully saturated rings. The lowest BCUT2D eigenvalue weighted by Crippen LogP contribution is -2.05. The minimum Gasteiger partial charge on any atom is -0.468 e. The van der Waals surface area contributed by atoms with E-state index in [4.69, 9.17) is 4.52 Å². The molecule has 0 spiro atoms. The Labute approximate surface area is 126 Å². The quantitative estimate of drug-likeness (QED) is 0.640. The summed E-state index contributed by atoms with van der Waals surface area (Å²) in [5, 5.41) is 7.72. The molecule has 2 rings (SSSR count). The summed E-state index contributed by atoms with van der Waals surface area (Å²) in [5.74, 6) is 1.32. The SMILES string of the molecule is COC(=O)CSc1cncc(NCc2c(C)noc2C)n1. The van der Waals surface area contributed by atoms with Crippen LogP contribution in [0.4, 0.5) is 5.82 Å². The molecule has 1 N–H and O–H groups in total. The van der Waals surface area contributed by atoms with Crippen molar-refractivity contribution in [1.29, 1.82) is 0 Å². The number of nitrogens with zero attached hydrogens (tertiary/aromatic N) is 3. The first kappa shape index (κ1) is 15.3. The number of hydrogen-bond donors (Lipinski definition) is 1. The predicted octanol–water partition coefficient (Wildman–Crippen LogP) is 1.96. The number of carbonyl (C=O) groups is 1. The third-order valence-corrected chi connectivity index (χ3v) is 3.68. The van der Waals surface area contributed by atoms with Gasteiger partial charge in [0.2, 0.25) is 0 Å². The van der Waals surface area contributed by atoms with Crippen LogP contribution in [0.15, 0.2) is 21.9 Å². The summed E-state index contributed by atoms with van der Waals surface area (Å²) < 4.78 is 9.69. The molecule has 7 nitrogen and oxygen atoms in total. The first-order chi connectivity index (χ1) is 10.1. The maximum atomic E-state index is 11.1. The van der Waals surface area contributed by atoms with Crippen molar-refractivity contribution in [3.05, 3.63) is 29.4 Å². The van der Waals surface area contributed by atoms with E-state index in [1.54, 1.807) is 12.4 Å². The van der Waals surface area contributed by atoms with Crippen LogP contribution in [0.25, 0.3) is 0 Å². The molecule has 0 saturated heterocycles. The van der Waals surface area contributed by atoms with Gasteiger partial charge in [0.25, 0.3) is 0 Å². The molecule has 112 valence electrons. The van der Waals surface area contributed by atoms with E-state index in [1.807, 2.05) is 13.8 Å². The highest BCUT2D eigenvalue weighted by Crippen LogP contribution is 2.18. The Bertz CT molecular complexity index is 610. The van der Waals surface area contributed by atoms with Crippen LogP contribution in [0.3, 0.4) is 0 Å². The van der Waals surface area contributed by atoms with Crippen LogP contribution in [0, 0.1) is 13.8 Å². The second-order valence-electron chi connectivity index (χ2n) is 4.26. The van der Waals surface area contributed by atoms with Crippen molar-refractivity contribution in [2.24, 2.45) is 0 Å². The van der Waals surface area contributed by atoms with Gasteiger partial charge in [0.15, 0.2) is 0 Å². The Morgan fingerprint density at radius 2 is 2.24 bits per heavy atom. The second kappa shape index (κ2) is 7.07. The Morgan fingerprint density at radius 3 is 2.90 bits per heavy atom. The van der Waals surface area contributed by atoms with Gasteiger partial charge in [-0.2, -0.15) is 0 Å². The normalized spacial score (nSPS) is 10.4. The van der Waals surface area contributed by atoms with Crippen molar-refractivity contribution < 1.29 is 14.1 Å². The Balaban J connectivity index is 1.96. The fourth-order valence-corrected chi connectivity index (χ4v) is 2.31. The third-order valence-electron chi connectivity index (χ3n) is 2.81. The molecule has 0 bridgehead atoms. The maximum absolute atomic E-state index is 11.1. The Morgan fingerprint density at radius 1 is 1.43 bits per heavy atom. The van der Waals surface area contributed by atoms with Crippen LogP contribution in [0.1, 0.15) is 17.0 Å².